The van der Waals surface area contributed by atoms with Gasteiger partial charge in [0.05, 0.1) is 0 Å². The van der Waals surface area contributed by atoms with Crippen molar-refractivity contribution in [3.05, 3.63) is 35.1 Å². The van der Waals surface area contributed by atoms with E-state index in [4.69, 9.17) is 5.73 Å². The summed E-state index contributed by atoms with van der Waals surface area (Å²) in [5.74, 6) is 0.577. The van der Waals surface area contributed by atoms with Crippen LogP contribution < -0.4 is 5.73 Å². The third kappa shape index (κ3) is 3.18. The van der Waals surface area contributed by atoms with Crippen molar-refractivity contribution in [1.82, 2.24) is 0 Å². The van der Waals surface area contributed by atoms with E-state index >= 15 is 0 Å². The molecule has 1 nitrogen and oxygen atoms in total. The highest BCUT2D eigenvalue weighted by atomic mass is 35.5. The molecule has 0 spiro atoms. The first-order chi connectivity index (χ1) is 6.66. The van der Waals surface area contributed by atoms with Gasteiger partial charge in [0.1, 0.15) is 5.82 Å². The minimum absolute atomic E-state index is 0. The summed E-state index contributed by atoms with van der Waals surface area (Å²) in [5.41, 5.74) is 7.72. The molecular formula is C12H17ClFN. The van der Waals surface area contributed by atoms with Gasteiger partial charge in [0.25, 0.3) is 0 Å². The van der Waals surface area contributed by atoms with Crippen molar-refractivity contribution < 1.29 is 4.39 Å². The van der Waals surface area contributed by atoms with E-state index < -0.39 is 0 Å². The second-order valence-corrected chi connectivity index (χ2v) is 4.31. The van der Waals surface area contributed by atoms with Gasteiger partial charge >= 0.3 is 0 Å². The number of halogens is 2. The van der Waals surface area contributed by atoms with Crippen LogP contribution in [0.4, 0.5) is 4.39 Å². The molecule has 1 aliphatic carbocycles. The van der Waals surface area contributed by atoms with E-state index in [-0.39, 0.29) is 24.3 Å². The third-order valence-corrected chi connectivity index (χ3v) is 2.84. The molecule has 15 heavy (non-hydrogen) atoms. The second-order valence-electron chi connectivity index (χ2n) is 4.31. The van der Waals surface area contributed by atoms with Gasteiger partial charge in [-0.05, 0) is 25.3 Å². The first-order valence-electron chi connectivity index (χ1n) is 5.18. The van der Waals surface area contributed by atoms with Crippen LogP contribution in [-0.4, -0.2) is 0 Å². The van der Waals surface area contributed by atoms with E-state index in [1.807, 2.05) is 13.0 Å². The maximum Gasteiger partial charge on any atom is 0.127 e. The van der Waals surface area contributed by atoms with Gasteiger partial charge < -0.3 is 5.73 Å². The van der Waals surface area contributed by atoms with Gasteiger partial charge in [0, 0.05) is 11.6 Å². The zero-order valence-corrected chi connectivity index (χ0v) is 9.69. The van der Waals surface area contributed by atoms with Crippen molar-refractivity contribution in [1.29, 1.82) is 0 Å². The molecule has 2 rings (SSSR count). The molecule has 0 saturated heterocycles. The van der Waals surface area contributed by atoms with Gasteiger partial charge in [-0.2, -0.15) is 0 Å². The molecule has 84 valence electrons. The molecule has 0 amide bonds. The zero-order valence-electron chi connectivity index (χ0n) is 8.87. The molecule has 1 saturated carbocycles. The molecule has 0 aromatic heterocycles. The Hall–Kier alpha value is -0.600. The van der Waals surface area contributed by atoms with E-state index in [9.17, 15) is 4.39 Å². The lowest BCUT2D eigenvalue weighted by molar-refractivity contribution is 0.542. The molecule has 1 fully saturated rings. The molecule has 0 aliphatic heterocycles. The molecule has 1 aromatic rings. The second kappa shape index (κ2) is 4.95. The Labute approximate surface area is 96.3 Å². The monoisotopic (exact) mass is 229 g/mol. The fourth-order valence-electron chi connectivity index (χ4n) is 1.79. The molecule has 2 N–H and O–H groups in total. The van der Waals surface area contributed by atoms with Gasteiger partial charge in [0.15, 0.2) is 0 Å². The maximum absolute atomic E-state index is 13.4. The van der Waals surface area contributed by atoms with Gasteiger partial charge in [0.2, 0.25) is 0 Å². The van der Waals surface area contributed by atoms with Gasteiger partial charge in [-0.1, -0.05) is 30.5 Å². The maximum atomic E-state index is 13.4. The van der Waals surface area contributed by atoms with E-state index in [1.165, 1.54) is 18.9 Å². The minimum Gasteiger partial charge on any atom is -0.324 e. The highest BCUT2D eigenvalue weighted by Crippen LogP contribution is 2.37. The lowest BCUT2D eigenvalue weighted by atomic mass is 10.00. The average molecular weight is 230 g/mol. The molecule has 1 aromatic carbocycles. The summed E-state index contributed by atoms with van der Waals surface area (Å²) in [7, 11) is 0. The average Bonchev–Trinajstić information content (AvgIpc) is 2.93. The summed E-state index contributed by atoms with van der Waals surface area (Å²) in [6.45, 7) is 1.97. The van der Waals surface area contributed by atoms with Crippen LogP contribution in [0.3, 0.4) is 0 Å². The van der Waals surface area contributed by atoms with Crippen LogP contribution in [-0.2, 0) is 0 Å². The molecule has 0 radical (unpaired) electrons. The number of nitrogens with two attached hydrogens (primary N) is 1. The lowest BCUT2D eigenvalue weighted by Crippen LogP contribution is -2.13. The first kappa shape index (κ1) is 12.5. The third-order valence-electron chi connectivity index (χ3n) is 2.84. The fraction of sp³-hybridized carbons (Fsp3) is 0.500. The number of hydrogen-bond donors (Lipinski definition) is 1. The van der Waals surface area contributed by atoms with Crippen LogP contribution in [0.5, 0.6) is 0 Å². The van der Waals surface area contributed by atoms with E-state index in [0.717, 1.165) is 17.9 Å². The van der Waals surface area contributed by atoms with Gasteiger partial charge in [-0.3, -0.25) is 0 Å². The van der Waals surface area contributed by atoms with Gasteiger partial charge in [-0.15, -0.1) is 12.4 Å². The Bertz CT molecular complexity index is 336. The highest BCUT2D eigenvalue weighted by Gasteiger charge is 2.25. The largest absolute Gasteiger partial charge is 0.324 e. The molecule has 1 atom stereocenters. The SMILES string of the molecule is Cc1ccc(F)c([C@H](N)CC2CC2)c1.Cl. The minimum atomic E-state index is -0.163. The van der Waals surface area contributed by atoms with Crippen molar-refractivity contribution in [2.75, 3.05) is 0 Å². The van der Waals surface area contributed by atoms with Crippen molar-refractivity contribution in [2.24, 2.45) is 11.7 Å². The van der Waals surface area contributed by atoms with E-state index in [1.54, 1.807) is 6.07 Å². The summed E-state index contributed by atoms with van der Waals surface area (Å²) >= 11 is 0. The number of aryl methyl sites for hydroxylation is 1. The summed E-state index contributed by atoms with van der Waals surface area (Å²) in [6, 6.07) is 5.03. The van der Waals surface area contributed by atoms with Crippen LogP contribution in [0.25, 0.3) is 0 Å². The summed E-state index contributed by atoms with van der Waals surface area (Å²) in [4.78, 5) is 0. The molecule has 0 heterocycles. The first-order valence-corrected chi connectivity index (χ1v) is 5.18. The predicted molar refractivity (Wildman–Crippen MR) is 62.7 cm³/mol. The number of hydrogen-bond acceptors (Lipinski definition) is 1. The van der Waals surface area contributed by atoms with Crippen molar-refractivity contribution in [3.8, 4) is 0 Å². The van der Waals surface area contributed by atoms with Crippen molar-refractivity contribution in [3.63, 3.8) is 0 Å². The van der Waals surface area contributed by atoms with E-state index in [2.05, 4.69) is 0 Å². The Balaban J connectivity index is 0.00000112. The van der Waals surface area contributed by atoms with E-state index in [0.29, 0.717) is 5.56 Å². The topological polar surface area (TPSA) is 26.0 Å². The van der Waals surface area contributed by atoms with Crippen molar-refractivity contribution >= 4 is 12.4 Å². The number of benzene rings is 1. The van der Waals surface area contributed by atoms with Crippen LogP contribution in [0.2, 0.25) is 0 Å². The Morgan fingerprint density at radius 2 is 2.13 bits per heavy atom. The smallest absolute Gasteiger partial charge is 0.127 e. The van der Waals surface area contributed by atoms with Crippen LogP contribution in [0.1, 0.15) is 36.4 Å². The standard InChI is InChI=1S/C12H16FN.ClH/c1-8-2-5-11(13)10(6-8)12(14)7-9-3-4-9;/h2,5-6,9,12H,3-4,7,14H2,1H3;1H/t12-;/m1./s1. The molecule has 1 aliphatic rings. The van der Waals surface area contributed by atoms with Gasteiger partial charge in [-0.25, -0.2) is 4.39 Å². The predicted octanol–water partition coefficient (Wildman–Crippen LogP) is 3.36. The van der Waals surface area contributed by atoms with Crippen LogP contribution in [0, 0.1) is 18.7 Å². The summed E-state index contributed by atoms with van der Waals surface area (Å²) < 4.78 is 13.4. The normalized spacial score (nSPS) is 17.0. The Morgan fingerprint density at radius 3 is 2.73 bits per heavy atom. The Kier molecular flexibility index (Phi) is 4.12. The van der Waals surface area contributed by atoms with Crippen LogP contribution >= 0.6 is 12.4 Å². The summed E-state index contributed by atoms with van der Waals surface area (Å²) in [6.07, 6.45) is 3.46. The molecule has 3 heteroatoms. The molecular weight excluding hydrogens is 213 g/mol. The fourth-order valence-corrected chi connectivity index (χ4v) is 1.79. The van der Waals surface area contributed by atoms with Crippen molar-refractivity contribution in [2.45, 2.75) is 32.2 Å². The molecule has 0 unspecified atom stereocenters. The Morgan fingerprint density at radius 1 is 1.47 bits per heavy atom. The number of rotatable bonds is 3. The zero-order chi connectivity index (χ0) is 10.1. The quantitative estimate of drug-likeness (QED) is 0.845. The summed E-state index contributed by atoms with van der Waals surface area (Å²) in [5, 5.41) is 0. The van der Waals surface area contributed by atoms with Crippen LogP contribution in [0.15, 0.2) is 18.2 Å². The molecule has 0 bridgehead atoms. The highest BCUT2D eigenvalue weighted by molar-refractivity contribution is 5.85. The lowest BCUT2D eigenvalue weighted by Gasteiger charge is -2.12.